The zero-order chi connectivity index (χ0) is 17.6. The van der Waals surface area contributed by atoms with Gasteiger partial charge >= 0.3 is 6.09 Å². The van der Waals surface area contributed by atoms with Crippen LogP contribution in [-0.4, -0.2) is 17.9 Å². The Kier molecular flexibility index (Phi) is 5.66. The van der Waals surface area contributed by atoms with Crippen LogP contribution >= 0.6 is 11.3 Å². The van der Waals surface area contributed by atoms with E-state index >= 15 is 0 Å². The smallest absolute Gasteiger partial charge is 0.407 e. The summed E-state index contributed by atoms with van der Waals surface area (Å²) in [6.07, 6.45) is 4.17. The van der Waals surface area contributed by atoms with Crippen molar-refractivity contribution < 1.29 is 14.3 Å². The lowest BCUT2D eigenvalue weighted by atomic mass is 9.81. The van der Waals surface area contributed by atoms with Gasteiger partial charge in [-0.15, -0.1) is 11.3 Å². The molecule has 0 fully saturated rings. The third-order valence-corrected chi connectivity index (χ3v) is 5.19. The van der Waals surface area contributed by atoms with E-state index in [9.17, 15) is 9.59 Å². The van der Waals surface area contributed by atoms with Gasteiger partial charge in [-0.05, 0) is 29.3 Å². The number of ketones is 1. The molecule has 4 nitrogen and oxygen atoms in total. The molecule has 0 unspecified atom stereocenters. The van der Waals surface area contributed by atoms with E-state index in [0.717, 1.165) is 16.9 Å². The molecular weight excluding hydrogens is 334 g/mol. The van der Waals surface area contributed by atoms with Crippen LogP contribution in [0.25, 0.3) is 0 Å². The van der Waals surface area contributed by atoms with Crippen molar-refractivity contribution in [3.63, 3.8) is 0 Å². The minimum Gasteiger partial charge on any atom is -0.445 e. The van der Waals surface area contributed by atoms with Crippen LogP contribution in [0.4, 0.5) is 4.79 Å². The van der Waals surface area contributed by atoms with E-state index in [1.165, 1.54) is 11.3 Å². The number of thiophene rings is 1. The van der Waals surface area contributed by atoms with E-state index < -0.39 is 6.09 Å². The van der Waals surface area contributed by atoms with Crippen LogP contribution in [0.2, 0.25) is 0 Å². The zero-order valence-electron chi connectivity index (χ0n) is 14.1. The molecule has 1 amide bonds. The van der Waals surface area contributed by atoms with E-state index in [1.807, 2.05) is 60.0 Å². The number of nitrogens with one attached hydrogen (secondary N) is 1. The van der Waals surface area contributed by atoms with Crippen LogP contribution in [-0.2, 0) is 11.3 Å². The van der Waals surface area contributed by atoms with Crippen molar-refractivity contribution in [2.75, 3.05) is 0 Å². The Balaban J connectivity index is 1.63. The number of hydrogen-bond acceptors (Lipinski definition) is 4. The van der Waals surface area contributed by atoms with Gasteiger partial charge in [0.25, 0.3) is 0 Å². The van der Waals surface area contributed by atoms with Crippen LogP contribution < -0.4 is 5.32 Å². The topological polar surface area (TPSA) is 55.4 Å². The maximum atomic E-state index is 12.8. The summed E-state index contributed by atoms with van der Waals surface area (Å²) in [5.74, 6) is 0.134. The molecule has 5 heteroatoms. The summed E-state index contributed by atoms with van der Waals surface area (Å²) in [7, 11) is 0. The van der Waals surface area contributed by atoms with Gasteiger partial charge in [-0.1, -0.05) is 55.5 Å². The fourth-order valence-corrected chi connectivity index (χ4v) is 3.72. The summed E-state index contributed by atoms with van der Waals surface area (Å²) < 4.78 is 5.28. The monoisotopic (exact) mass is 355 g/mol. The van der Waals surface area contributed by atoms with E-state index in [0.29, 0.717) is 5.92 Å². The fourth-order valence-electron chi connectivity index (χ4n) is 2.99. The van der Waals surface area contributed by atoms with Crippen LogP contribution in [0.5, 0.6) is 0 Å². The second-order valence-electron chi connectivity index (χ2n) is 6.28. The molecule has 1 aliphatic carbocycles. The Labute approximate surface area is 151 Å². The molecule has 25 heavy (non-hydrogen) atoms. The lowest BCUT2D eigenvalue weighted by Crippen LogP contribution is -2.44. The standard InChI is InChI=1S/C20H21NO3S/c1-14-9-10-17(16(12-14)19(22)18-8-5-11-25-18)21-20(23)24-13-15-6-3-2-4-7-15/h2-11,14,16-17H,12-13H2,1H3,(H,21,23)/t14-,16-,17+/m1/s1. The van der Waals surface area contributed by atoms with Crippen molar-refractivity contribution in [3.05, 3.63) is 70.4 Å². The third kappa shape index (κ3) is 4.57. The first-order valence-corrected chi connectivity index (χ1v) is 9.24. The molecule has 0 radical (unpaired) electrons. The molecule has 0 spiro atoms. The molecule has 130 valence electrons. The number of carbonyl (C=O) groups excluding carboxylic acids is 2. The second kappa shape index (κ2) is 8.12. The molecule has 0 bridgehead atoms. The van der Waals surface area contributed by atoms with E-state index in [-0.39, 0.29) is 24.3 Å². The number of benzene rings is 1. The highest BCUT2D eigenvalue weighted by Crippen LogP contribution is 2.28. The first-order chi connectivity index (χ1) is 12.1. The van der Waals surface area contributed by atoms with Gasteiger partial charge in [0.1, 0.15) is 6.61 Å². The molecule has 3 rings (SSSR count). The normalized spacial score (nSPS) is 22.4. The van der Waals surface area contributed by atoms with Crippen LogP contribution in [0.1, 0.15) is 28.6 Å². The number of amides is 1. The minimum atomic E-state index is -0.503. The Hall–Kier alpha value is -2.40. The van der Waals surface area contributed by atoms with Gasteiger partial charge in [-0.2, -0.15) is 0 Å². The molecule has 1 aromatic carbocycles. The van der Waals surface area contributed by atoms with Crippen LogP contribution in [0.3, 0.4) is 0 Å². The van der Waals surface area contributed by atoms with Crippen molar-refractivity contribution in [1.82, 2.24) is 5.32 Å². The highest BCUT2D eigenvalue weighted by Gasteiger charge is 2.33. The van der Waals surface area contributed by atoms with E-state index in [1.54, 1.807) is 0 Å². The van der Waals surface area contributed by atoms with Crippen LogP contribution in [0, 0.1) is 11.8 Å². The molecular formula is C20H21NO3S. The summed E-state index contributed by atoms with van der Waals surface area (Å²) in [5.41, 5.74) is 0.927. The summed E-state index contributed by atoms with van der Waals surface area (Å²) in [6.45, 7) is 2.29. The minimum absolute atomic E-state index is 0.0829. The largest absolute Gasteiger partial charge is 0.445 e. The molecule has 0 saturated carbocycles. The Morgan fingerprint density at radius 3 is 2.68 bits per heavy atom. The number of carbonyl (C=O) groups is 2. The van der Waals surface area contributed by atoms with Gasteiger partial charge in [0.15, 0.2) is 5.78 Å². The predicted octanol–water partition coefficient (Wildman–Crippen LogP) is 4.44. The molecule has 1 heterocycles. The summed E-state index contributed by atoms with van der Waals surface area (Å²) in [4.78, 5) is 25.6. The van der Waals surface area contributed by atoms with Gasteiger partial charge in [-0.3, -0.25) is 4.79 Å². The van der Waals surface area contributed by atoms with Gasteiger partial charge in [0.2, 0.25) is 0 Å². The van der Waals surface area contributed by atoms with Gasteiger partial charge < -0.3 is 10.1 Å². The van der Waals surface area contributed by atoms with E-state index in [2.05, 4.69) is 12.2 Å². The summed E-state index contributed by atoms with van der Waals surface area (Å²) in [6, 6.07) is 12.9. The van der Waals surface area contributed by atoms with Crippen molar-refractivity contribution in [1.29, 1.82) is 0 Å². The zero-order valence-corrected chi connectivity index (χ0v) is 14.9. The third-order valence-electron chi connectivity index (χ3n) is 4.30. The number of allylic oxidation sites excluding steroid dienone is 1. The predicted molar refractivity (Wildman–Crippen MR) is 98.6 cm³/mol. The van der Waals surface area contributed by atoms with Gasteiger partial charge in [-0.25, -0.2) is 4.79 Å². The molecule has 3 atom stereocenters. The van der Waals surface area contributed by atoms with Crippen molar-refractivity contribution in [2.45, 2.75) is 26.0 Å². The quantitative estimate of drug-likeness (QED) is 0.637. The number of rotatable bonds is 5. The lowest BCUT2D eigenvalue weighted by Gasteiger charge is -2.29. The van der Waals surface area contributed by atoms with E-state index in [4.69, 9.17) is 4.74 Å². The Morgan fingerprint density at radius 1 is 1.16 bits per heavy atom. The van der Waals surface area contributed by atoms with Crippen molar-refractivity contribution in [2.24, 2.45) is 11.8 Å². The average molecular weight is 355 g/mol. The summed E-state index contributed by atoms with van der Waals surface area (Å²) in [5, 5.41) is 4.73. The summed E-state index contributed by atoms with van der Waals surface area (Å²) >= 11 is 1.44. The number of Topliss-reactive ketones (excluding diaryl/α,β-unsaturated/α-hetero) is 1. The van der Waals surface area contributed by atoms with Gasteiger partial charge in [0, 0.05) is 5.92 Å². The molecule has 1 aromatic heterocycles. The first-order valence-electron chi connectivity index (χ1n) is 8.36. The maximum Gasteiger partial charge on any atom is 0.407 e. The Morgan fingerprint density at radius 2 is 1.96 bits per heavy atom. The molecule has 0 aliphatic heterocycles. The highest BCUT2D eigenvalue weighted by molar-refractivity contribution is 7.12. The maximum absolute atomic E-state index is 12.8. The highest BCUT2D eigenvalue weighted by atomic mass is 32.1. The number of ether oxygens (including phenoxy) is 1. The molecule has 0 saturated heterocycles. The van der Waals surface area contributed by atoms with Crippen molar-refractivity contribution in [3.8, 4) is 0 Å². The van der Waals surface area contributed by atoms with Crippen molar-refractivity contribution >= 4 is 23.2 Å². The average Bonchev–Trinajstić information content (AvgIpc) is 3.16. The fraction of sp³-hybridized carbons (Fsp3) is 0.300. The van der Waals surface area contributed by atoms with Gasteiger partial charge in [0.05, 0.1) is 10.9 Å². The molecule has 2 aromatic rings. The Bertz CT molecular complexity index is 740. The lowest BCUT2D eigenvalue weighted by molar-refractivity contribution is 0.0875. The number of alkyl carbamates (subject to hydrolysis) is 1. The second-order valence-corrected chi connectivity index (χ2v) is 7.23. The first kappa shape index (κ1) is 17.4. The number of hydrogen-bond donors (Lipinski definition) is 1. The molecule has 1 N–H and O–H groups in total. The molecule has 1 aliphatic rings. The van der Waals surface area contributed by atoms with Crippen LogP contribution in [0.15, 0.2) is 60.0 Å². The SMILES string of the molecule is C[C@@H]1C=C[C@H](NC(=O)OCc2ccccc2)[C@H](C(=O)c2cccs2)C1.